The first-order chi connectivity index (χ1) is 8.34. The fourth-order valence-corrected chi connectivity index (χ4v) is 3.53. The lowest BCUT2D eigenvalue weighted by atomic mass is 9.81. The monoisotopic (exact) mass is 291 g/mol. The number of hydrogen-bond acceptors (Lipinski definition) is 1. The van der Waals surface area contributed by atoms with Crippen molar-refractivity contribution in [2.75, 3.05) is 6.54 Å². The average Bonchev–Trinajstić information content (AvgIpc) is 2.39. The van der Waals surface area contributed by atoms with Gasteiger partial charge in [0.1, 0.15) is 0 Å². The minimum atomic E-state index is 0.726. The van der Waals surface area contributed by atoms with Crippen molar-refractivity contribution >= 4 is 21.6 Å². The zero-order chi connectivity index (χ0) is 11.7. The van der Waals surface area contributed by atoms with Gasteiger partial charge < -0.3 is 0 Å². The second kappa shape index (κ2) is 4.93. The lowest BCUT2D eigenvalue weighted by Crippen LogP contribution is -2.23. The van der Waals surface area contributed by atoms with Crippen molar-refractivity contribution in [3.8, 4) is 0 Å². The molecule has 1 fully saturated rings. The number of rotatable bonds is 1. The summed E-state index contributed by atoms with van der Waals surface area (Å²) < 4.78 is 1.20. The number of nitrogens with zero attached hydrogens (tertiary/aromatic N) is 1. The number of benzene rings is 1. The molecule has 17 heavy (non-hydrogen) atoms. The van der Waals surface area contributed by atoms with Crippen LogP contribution in [0.2, 0.25) is 0 Å². The van der Waals surface area contributed by atoms with E-state index in [1.807, 2.05) is 0 Å². The second-order valence-corrected chi connectivity index (χ2v) is 6.07. The maximum atomic E-state index is 4.83. The second-order valence-electron chi connectivity index (χ2n) is 5.15. The van der Waals surface area contributed by atoms with E-state index in [0.717, 1.165) is 18.9 Å². The summed E-state index contributed by atoms with van der Waals surface area (Å²) >= 11 is 3.57. The summed E-state index contributed by atoms with van der Waals surface area (Å²) in [6.45, 7) is 0.981. The average molecular weight is 292 g/mol. The molecule has 0 aromatic heterocycles. The molecule has 1 aromatic rings. The number of fused-ring (bicyclic) bond motifs is 1. The van der Waals surface area contributed by atoms with Crippen LogP contribution in [0.4, 0.5) is 0 Å². The third-order valence-corrected chi connectivity index (χ3v) is 4.49. The van der Waals surface area contributed by atoms with Crippen molar-refractivity contribution in [2.45, 2.75) is 38.5 Å². The third-order valence-electron chi connectivity index (χ3n) is 4.00. The Morgan fingerprint density at radius 3 is 2.76 bits per heavy atom. The van der Waals surface area contributed by atoms with Gasteiger partial charge in [-0.05, 0) is 42.5 Å². The number of aliphatic imine (C=N–C) groups is 1. The highest BCUT2D eigenvalue weighted by Crippen LogP contribution is 2.31. The van der Waals surface area contributed by atoms with Crippen LogP contribution in [0.25, 0.3) is 0 Å². The van der Waals surface area contributed by atoms with Gasteiger partial charge in [-0.2, -0.15) is 0 Å². The molecule has 0 spiro atoms. The highest BCUT2D eigenvalue weighted by molar-refractivity contribution is 9.10. The van der Waals surface area contributed by atoms with E-state index in [2.05, 4.69) is 34.1 Å². The predicted molar refractivity (Wildman–Crippen MR) is 75.8 cm³/mol. The van der Waals surface area contributed by atoms with E-state index in [0.29, 0.717) is 0 Å². The molecule has 1 aromatic carbocycles. The molecule has 0 saturated heterocycles. The van der Waals surface area contributed by atoms with Crippen molar-refractivity contribution in [3.63, 3.8) is 0 Å². The SMILES string of the molecule is Brc1ccc2c(c1)CCN=C2C1CCCCC1. The summed E-state index contributed by atoms with van der Waals surface area (Å²) in [4.78, 5) is 4.83. The van der Waals surface area contributed by atoms with E-state index >= 15 is 0 Å². The van der Waals surface area contributed by atoms with Crippen LogP contribution < -0.4 is 0 Å². The summed E-state index contributed by atoms with van der Waals surface area (Å²) in [6.07, 6.45) is 7.97. The number of hydrogen-bond donors (Lipinski definition) is 0. The molecule has 0 unspecified atom stereocenters. The topological polar surface area (TPSA) is 12.4 Å². The first kappa shape index (κ1) is 11.5. The number of halogens is 1. The van der Waals surface area contributed by atoms with Crippen LogP contribution in [0, 0.1) is 5.92 Å². The van der Waals surface area contributed by atoms with E-state index in [1.165, 1.54) is 53.4 Å². The van der Waals surface area contributed by atoms with Crippen molar-refractivity contribution in [3.05, 3.63) is 33.8 Å². The molecule has 0 N–H and O–H groups in total. The minimum absolute atomic E-state index is 0.726. The molecular formula is C15H18BrN. The first-order valence-electron chi connectivity index (χ1n) is 6.68. The Morgan fingerprint density at radius 1 is 1.12 bits per heavy atom. The molecule has 1 aliphatic heterocycles. The van der Waals surface area contributed by atoms with E-state index < -0.39 is 0 Å². The molecule has 1 saturated carbocycles. The fourth-order valence-electron chi connectivity index (χ4n) is 3.13. The molecule has 0 amide bonds. The summed E-state index contributed by atoms with van der Waals surface area (Å²) in [7, 11) is 0. The van der Waals surface area contributed by atoms with Crippen LogP contribution in [0.1, 0.15) is 43.2 Å². The van der Waals surface area contributed by atoms with Gasteiger partial charge in [0.05, 0.1) is 0 Å². The lowest BCUT2D eigenvalue weighted by Gasteiger charge is -2.27. The van der Waals surface area contributed by atoms with E-state index in [1.54, 1.807) is 0 Å². The van der Waals surface area contributed by atoms with Crippen molar-refractivity contribution in [2.24, 2.45) is 10.9 Å². The zero-order valence-corrected chi connectivity index (χ0v) is 11.7. The standard InChI is InChI=1S/C15H18BrN/c16-13-6-7-14-12(10-13)8-9-17-15(14)11-4-2-1-3-5-11/h6-7,10-11H,1-5,8-9H2. The molecule has 1 aliphatic carbocycles. The molecule has 0 atom stereocenters. The Balaban J connectivity index is 1.93. The Hall–Kier alpha value is -0.630. The largest absolute Gasteiger partial charge is 0.288 e. The van der Waals surface area contributed by atoms with Crippen LogP contribution in [-0.4, -0.2) is 12.3 Å². The van der Waals surface area contributed by atoms with Gasteiger partial charge in [0.15, 0.2) is 0 Å². The van der Waals surface area contributed by atoms with Gasteiger partial charge in [-0.25, -0.2) is 0 Å². The minimum Gasteiger partial charge on any atom is -0.288 e. The Bertz CT molecular complexity index is 444. The molecule has 90 valence electrons. The fraction of sp³-hybridized carbons (Fsp3) is 0.533. The van der Waals surface area contributed by atoms with Gasteiger partial charge in [0.25, 0.3) is 0 Å². The van der Waals surface area contributed by atoms with Crippen LogP contribution in [0.3, 0.4) is 0 Å². The Labute approximate surface area is 111 Å². The van der Waals surface area contributed by atoms with Crippen LogP contribution in [0.15, 0.2) is 27.7 Å². The predicted octanol–water partition coefficient (Wildman–Crippen LogP) is 4.37. The van der Waals surface area contributed by atoms with Crippen LogP contribution in [-0.2, 0) is 6.42 Å². The maximum absolute atomic E-state index is 4.83. The van der Waals surface area contributed by atoms with Gasteiger partial charge in [-0.3, -0.25) is 4.99 Å². The first-order valence-corrected chi connectivity index (χ1v) is 7.47. The normalized spacial score (nSPS) is 20.9. The van der Waals surface area contributed by atoms with Gasteiger partial charge >= 0.3 is 0 Å². The van der Waals surface area contributed by atoms with Gasteiger partial charge in [-0.15, -0.1) is 0 Å². The smallest absolute Gasteiger partial charge is 0.0454 e. The quantitative estimate of drug-likeness (QED) is 0.728. The highest BCUT2D eigenvalue weighted by Gasteiger charge is 2.24. The van der Waals surface area contributed by atoms with Gasteiger partial charge in [0, 0.05) is 22.6 Å². The zero-order valence-electron chi connectivity index (χ0n) is 10.1. The van der Waals surface area contributed by atoms with E-state index in [-0.39, 0.29) is 0 Å². The van der Waals surface area contributed by atoms with Gasteiger partial charge in [0.2, 0.25) is 0 Å². The van der Waals surface area contributed by atoms with E-state index in [9.17, 15) is 0 Å². The Morgan fingerprint density at radius 2 is 1.94 bits per heavy atom. The van der Waals surface area contributed by atoms with Crippen LogP contribution >= 0.6 is 15.9 Å². The van der Waals surface area contributed by atoms with Crippen molar-refractivity contribution < 1.29 is 0 Å². The van der Waals surface area contributed by atoms with Crippen LogP contribution in [0.5, 0.6) is 0 Å². The van der Waals surface area contributed by atoms with E-state index in [4.69, 9.17) is 4.99 Å². The molecule has 0 bridgehead atoms. The van der Waals surface area contributed by atoms with Crippen molar-refractivity contribution in [1.82, 2.24) is 0 Å². The summed E-state index contributed by atoms with van der Waals surface area (Å²) in [5, 5.41) is 0. The highest BCUT2D eigenvalue weighted by atomic mass is 79.9. The molecule has 2 heteroatoms. The summed E-state index contributed by atoms with van der Waals surface area (Å²) in [5.41, 5.74) is 4.31. The Kier molecular flexibility index (Phi) is 3.32. The summed E-state index contributed by atoms with van der Waals surface area (Å²) in [5.74, 6) is 0.726. The maximum Gasteiger partial charge on any atom is 0.0454 e. The molecular weight excluding hydrogens is 274 g/mol. The third kappa shape index (κ3) is 2.33. The van der Waals surface area contributed by atoms with Crippen molar-refractivity contribution in [1.29, 1.82) is 0 Å². The molecule has 1 nitrogen and oxygen atoms in total. The molecule has 2 aliphatic rings. The lowest BCUT2D eigenvalue weighted by molar-refractivity contribution is 0.438. The molecule has 0 radical (unpaired) electrons. The molecule has 3 rings (SSSR count). The summed E-state index contributed by atoms with van der Waals surface area (Å²) in [6, 6.07) is 6.68. The van der Waals surface area contributed by atoms with Gasteiger partial charge in [-0.1, -0.05) is 41.3 Å². The molecule has 1 heterocycles.